The minimum Gasteiger partial charge on any atom is -0.493 e. The third-order valence-electron chi connectivity index (χ3n) is 3.76. The van der Waals surface area contributed by atoms with E-state index in [2.05, 4.69) is 0 Å². The highest BCUT2D eigenvalue weighted by atomic mass is 16.5. The van der Waals surface area contributed by atoms with Crippen LogP contribution in [0.5, 0.6) is 11.5 Å². The van der Waals surface area contributed by atoms with E-state index in [0.29, 0.717) is 6.42 Å². The lowest BCUT2D eigenvalue weighted by Gasteiger charge is -2.36. The van der Waals surface area contributed by atoms with E-state index >= 15 is 0 Å². The number of aliphatic hydroxyl groups is 1. The molecule has 2 atom stereocenters. The second-order valence-corrected chi connectivity index (χ2v) is 5.51. The molecule has 2 unspecified atom stereocenters. The highest BCUT2D eigenvalue weighted by Gasteiger charge is 2.33. The molecule has 1 aliphatic rings. The lowest BCUT2D eigenvalue weighted by molar-refractivity contribution is 0.0711. The van der Waals surface area contributed by atoms with Gasteiger partial charge >= 0.3 is 0 Å². The van der Waals surface area contributed by atoms with Gasteiger partial charge in [0.05, 0.1) is 13.7 Å². The molecule has 3 N–H and O–H groups in total. The summed E-state index contributed by atoms with van der Waals surface area (Å²) >= 11 is 0. The smallest absolute Gasteiger partial charge is 0.161 e. The molecule has 1 aliphatic carbocycles. The quantitative estimate of drug-likeness (QED) is 0.874. The molecule has 1 aromatic carbocycles. The number of hydrogen-bond donors (Lipinski definition) is 2. The Morgan fingerprint density at radius 2 is 2.21 bits per heavy atom. The molecule has 1 fully saturated rings. The summed E-state index contributed by atoms with van der Waals surface area (Å²) in [6, 6.07) is 5.89. The van der Waals surface area contributed by atoms with Crippen LogP contribution in [0.4, 0.5) is 0 Å². The fourth-order valence-electron chi connectivity index (χ4n) is 2.64. The normalized spacial score (nSPS) is 27.1. The Bertz CT molecular complexity index is 435. The topological polar surface area (TPSA) is 64.7 Å². The fourth-order valence-corrected chi connectivity index (χ4v) is 2.64. The summed E-state index contributed by atoms with van der Waals surface area (Å²) in [5.41, 5.74) is 6.77. The number of hydrogen-bond acceptors (Lipinski definition) is 4. The molecule has 4 nitrogen and oxygen atoms in total. The molecule has 0 heterocycles. The maximum Gasteiger partial charge on any atom is 0.161 e. The van der Waals surface area contributed by atoms with Gasteiger partial charge in [0.1, 0.15) is 6.10 Å². The summed E-state index contributed by atoms with van der Waals surface area (Å²) < 4.78 is 11.4. The van der Waals surface area contributed by atoms with Crippen molar-refractivity contribution in [3.05, 3.63) is 23.8 Å². The van der Waals surface area contributed by atoms with Gasteiger partial charge in [0.25, 0.3) is 0 Å². The summed E-state index contributed by atoms with van der Waals surface area (Å²) in [6.45, 7) is 2.03. The van der Waals surface area contributed by atoms with E-state index in [-0.39, 0.29) is 12.7 Å². The molecule has 19 heavy (non-hydrogen) atoms. The van der Waals surface area contributed by atoms with Crippen LogP contribution in [0.25, 0.3) is 0 Å². The van der Waals surface area contributed by atoms with Crippen LogP contribution in [0.15, 0.2) is 18.2 Å². The molecule has 0 bridgehead atoms. The Morgan fingerprint density at radius 1 is 1.42 bits per heavy atom. The lowest BCUT2D eigenvalue weighted by atomic mass is 9.81. The molecule has 0 radical (unpaired) electrons. The first-order valence-corrected chi connectivity index (χ1v) is 6.77. The van der Waals surface area contributed by atoms with Crippen molar-refractivity contribution in [2.45, 2.75) is 44.2 Å². The van der Waals surface area contributed by atoms with Gasteiger partial charge < -0.3 is 20.3 Å². The van der Waals surface area contributed by atoms with Gasteiger partial charge in [-0.25, -0.2) is 0 Å². The Morgan fingerprint density at radius 3 is 2.89 bits per heavy atom. The number of rotatable bonds is 4. The highest BCUT2D eigenvalue weighted by molar-refractivity contribution is 5.42. The van der Waals surface area contributed by atoms with Crippen molar-refractivity contribution in [1.82, 2.24) is 0 Å². The summed E-state index contributed by atoms with van der Waals surface area (Å²) in [4.78, 5) is 0. The Balaban J connectivity index is 2.08. The van der Waals surface area contributed by atoms with Crippen molar-refractivity contribution in [2.24, 2.45) is 5.73 Å². The van der Waals surface area contributed by atoms with Gasteiger partial charge in [0.2, 0.25) is 0 Å². The van der Waals surface area contributed by atoms with E-state index in [4.69, 9.17) is 15.2 Å². The maximum absolute atomic E-state index is 9.37. The van der Waals surface area contributed by atoms with Crippen molar-refractivity contribution in [2.75, 3.05) is 13.7 Å². The Labute approximate surface area is 114 Å². The van der Waals surface area contributed by atoms with E-state index in [1.807, 2.05) is 25.1 Å². The lowest BCUT2D eigenvalue weighted by Crippen LogP contribution is -2.50. The van der Waals surface area contributed by atoms with Gasteiger partial charge in [-0.05, 0) is 43.9 Å². The molecular formula is C15H23NO3. The number of methoxy groups -OCH3 is 1. The minimum atomic E-state index is -0.499. The third kappa shape index (κ3) is 3.39. The first kappa shape index (κ1) is 14.2. The molecule has 0 saturated heterocycles. The molecule has 0 spiro atoms. The maximum atomic E-state index is 9.37. The predicted octanol–water partition coefficient (Wildman–Crippen LogP) is 2.01. The largest absolute Gasteiger partial charge is 0.493 e. The van der Waals surface area contributed by atoms with Crippen LogP contribution in [-0.4, -0.2) is 30.5 Å². The second kappa shape index (κ2) is 5.80. The van der Waals surface area contributed by atoms with Crippen molar-refractivity contribution in [1.29, 1.82) is 0 Å². The van der Waals surface area contributed by atoms with E-state index < -0.39 is 5.54 Å². The molecule has 2 rings (SSSR count). The van der Waals surface area contributed by atoms with E-state index in [1.165, 1.54) is 0 Å². The fraction of sp³-hybridized carbons (Fsp3) is 0.600. The third-order valence-corrected chi connectivity index (χ3v) is 3.76. The van der Waals surface area contributed by atoms with Crippen molar-refractivity contribution in [3.8, 4) is 11.5 Å². The van der Waals surface area contributed by atoms with E-state index in [1.54, 1.807) is 7.11 Å². The van der Waals surface area contributed by atoms with Gasteiger partial charge in [0.15, 0.2) is 11.5 Å². The zero-order chi connectivity index (χ0) is 13.9. The molecule has 106 valence electrons. The average molecular weight is 265 g/mol. The molecule has 1 aromatic rings. The van der Waals surface area contributed by atoms with Crippen LogP contribution in [0.2, 0.25) is 0 Å². The zero-order valence-corrected chi connectivity index (χ0v) is 11.7. The van der Waals surface area contributed by atoms with Gasteiger partial charge in [-0.2, -0.15) is 0 Å². The first-order chi connectivity index (χ1) is 9.06. The van der Waals surface area contributed by atoms with Gasteiger partial charge in [-0.15, -0.1) is 0 Å². The number of aryl methyl sites for hydroxylation is 1. The Kier molecular flexibility index (Phi) is 4.32. The molecule has 0 aromatic heterocycles. The van der Waals surface area contributed by atoms with Crippen molar-refractivity contribution in [3.63, 3.8) is 0 Å². The molecular weight excluding hydrogens is 242 g/mol. The van der Waals surface area contributed by atoms with Crippen LogP contribution in [0.1, 0.15) is 31.2 Å². The molecule has 0 amide bonds. The standard InChI is InChI=1S/C15H23NO3/c1-11-5-6-13(14(8-11)18-2)19-12-4-3-7-15(16,9-12)10-17/h5-6,8,12,17H,3-4,7,9-10,16H2,1-2H3. The van der Waals surface area contributed by atoms with Gasteiger partial charge in [0, 0.05) is 12.0 Å². The number of nitrogens with two attached hydrogens (primary N) is 1. The van der Waals surface area contributed by atoms with E-state index in [9.17, 15) is 5.11 Å². The first-order valence-electron chi connectivity index (χ1n) is 6.77. The SMILES string of the molecule is COc1cc(C)ccc1OC1CCCC(N)(CO)C1. The van der Waals surface area contributed by atoms with Crippen LogP contribution in [-0.2, 0) is 0 Å². The number of benzene rings is 1. The predicted molar refractivity (Wildman–Crippen MR) is 74.6 cm³/mol. The average Bonchev–Trinajstić information content (AvgIpc) is 2.41. The molecule has 0 aliphatic heterocycles. The van der Waals surface area contributed by atoms with Crippen LogP contribution < -0.4 is 15.2 Å². The van der Waals surface area contributed by atoms with Crippen LogP contribution >= 0.6 is 0 Å². The molecule has 4 heteroatoms. The number of aliphatic hydroxyl groups excluding tert-OH is 1. The van der Waals surface area contributed by atoms with Crippen molar-refractivity contribution < 1.29 is 14.6 Å². The Hall–Kier alpha value is -1.26. The minimum absolute atomic E-state index is 0.0118. The monoisotopic (exact) mass is 265 g/mol. The summed E-state index contributed by atoms with van der Waals surface area (Å²) in [7, 11) is 1.64. The summed E-state index contributed by atoms with van der Waals surface area (Å²) in [6.07, 6.45) is 3.53. The summed E-state index contributed by atoms with van der Waals surface area (Å²) in [5, 5.41) is 9.37. The van der Waals surface area contributed by atoms with E-state index in [0.717, 1.165) is 36.3 Å². The highest BCUT2D eigenvalue weighted by Crippen LogP contribution is 2.33. The summed E-state index contributed by atoms with van der Waals surface area (Å²) in [5.74, 6) is 1.50. The van der Waals surface area contributed by atoms with Crippen LogP contribution in [0.3, 0.4) is 0 Å². The van der Waals surface area contributed by atoms with Gasteiger partial charge in [-0.3, -0.25) is 0 Å². The zero-order valence-electron chi connectivity index (χ0n) is 11.7. The van der Waals surface area contributed by atoms with Crippen LogP contribution in [0, 0.1) is 6.92 Å². The van der Waals surface area contributed by atoms with Gasteiger partial charge in [-0.1, -0.05) is 6.07 Å². The molecule has 1 saturated carbocycles. The number of ether oxygens (including phenoxy) is 2. The second-order valence-electron chi connectivity index (χ2n) is 5.51. The van der Waals surface area contributed by atoms with Crippen molar-refractivity contribution >= 4 is 0 Å².